The Labute approximate surface area is 158 Å². The number of hydrogen-bond acceptors (Lipinski definition) is 5. The first-order valence-corrected chi connectivity index (χ1v) is 9.81. The van der Waals surface area contributed by atoms with Crippen molar-refractivity contribution in [3.05, 3.63) is 71.2 Å². The Morgan fingerprint density at radius 2 is 1.85 bits per heavy atom. The van der Waals surface area contributed by atoms with Crippen molar-refractivity contribution in [3.8, 4) is 5.75 Å². The summed E-state index contributed by atoms with van der Waals surface area (Å²) < 4.78 is 5.25. The summed E-state index contributed by atoms with van der Waals surface area (Å²) in [5.41, 5.74) is 3.52. The Balaban J connectivity index is 1.40. The summed E-state index contributed by atoms with van der Waals surface area (Å²) in [6.45, 7) is 1.84. The van der Waals surface area contributed by atoms with Crippen LogP contribution in [0.15, 0.2) is 60.0 Å². The Morgan fingerprint density at radius 3 is 2.54 bits per heavy atom. The lowest BCUT2D eigenvalue weighted by molar-refractivity contribution is 0.243. The number of anilines is 2. The predicted molar refractivity (Wildman–Crippen MR) is 107 cm³/mol. The summed E-state index contributed by atoms with van der Waals surface area (Å²) in [6.07, 6.45) is 2.57. The quantitative estimate of drug-likeness (QED) is 0.605. The van der Waals surface area contributed by atoms with E-state index in [1.54, 1.807) is 18.4 Å². The van der Waals surface area contributed by atoms with Crippen LogP contribution in [-0.4, -0.2) is 23.0 Å². The first kappa shape index (κ1) is 17.1. The number of hydrogen-bond donors (Lipinski definition) is 1. The van der Waals surface area contributed by atoms with Crippen molar-refractivity contribution in [3.63, 3.8) is 0 Å². The van der Waals surface area contributed by atoms with Crippen LogP contribution < -0.4 is 10.1 Å². The second-order valence-electron chi connectivity index (χ2n) is 6.62. The minimum absolute atomic E-state index is 0.685. The Morgan fingerprint density at radius 1 is 1.08 bits per heavy atom. The molecule has 3 aromatic rings. The van der Waals surface area contributed by atoms with Crippen molar-refractivity contribution in [2.45, 2.75) is 32.0 Å². The number of rotatable bonds is 8. The van der Waals surface area contributed by atoms with Gasteiger partial charge in [0.05, 0.1) is 12.8 Å². The van der Waals surface area contributed by atoms with Gasteiger partial charge in [0.15, 0.2) is 5.13 Å². The van der Waals surface area contributed by atoms with E-state index >= 15 is 0 Å². The highest BCUT2D eigenvalue weighted by Gasteiger charge is 2.29. The maximum absolute atomic E-state index is 5.25. The average Bonchev–Trinajstić information content (AvgIpc) is 3.44. The summed E-state index contributed by atoms with van der Waals surface area (Å²) in [5, 5.41) is 6.49. The number of nitrogens with one attached hydrogen (secondary N) is 1. The molecule has 1 aliphatic carbocycles. The fourth-order valence-corrected chi connectivity index (χ4v) is 3.73. The molecule has 1 heterocycles. The van der Waals surface area contributed by atoms with Gasteiger partial charge in [0.25, 0.3) is 0 Å². The lowest BCUT2D eigenvalue weighted by Gasteiger charge is -2.21. The molecular formula is C21H23N3OS. The van der Waals surface area contributed by atoms with E-state index in [0.717, 1.165) is 35.4 Å². The minimum Gasteiger partial charge on any atom is -0.497 e. The lowest BCUT2D eigenvalue weighted by Crippen LogP contribution is -2.25. The van der Waals surface area contributed by atoms with Gasteiger partial charge in [-0.25, -0.2) is 4.98 Å². The van der Waals surface area contributed by atoms with Gasteiger partial charge in [-0.05, 0) is 42.7 Å². The van der Waals surface area contributed by atoms with E-state index in [1.165, 1.54) is 18.4 Å². The molecule has 0 atom stereocenters. The largest absolute Gasteiger partial charge is 0.497 e. The summed E-state index contributed by atoms with van der Waals surface area (Å²) in [6, 6.07) is 19.2. The van der Waals surface area contributed by atoms with Crippen LogP contribution in [0, 0.1) is 0 Å². The van der Waals surface area contributed by atoms with E-state index in [1.807, 2.05) is 30.3 Å². The van der Waals surface area contributed by atoms with Gasteiger partial charge in [-0.15, -0.1) is 11.3 Å². The van der Waals surface area contributed by atoms with Crippen molar-refractivity contribution in [1.82, 2.24) is 9.88 Å². The predicted octanol–water partition coefficient (Wildman–Crippen LogP) is 5.06. The molecule has 0 spiro atoms. The first-order chi connectivity index (χ1) is 12.8. The third kappa shape index (κ3) is 4.42. The standard InChI is InChI=1S/C21H23N3OS/c1-25-20-11-7-16(8-12-20)13-24(19-9-10-19)14-18-15-26-21(23-18)22-17-5-3-2-4-6-17/h2-8,11-12,15,19H,9-10,13-14H2,1H3,(H,22,23). The van der Waals surface area contributed by atoms with Gasteiger partial charge >= 0.3 is 0 Å². The number of nitrogens with zero attached hydrogens (tertiary/aromatic N) is 2. The van der Waals surface area contributed by atoms with E-state index in [-0.39, 0.29) is 0 Å². The fraction of sp³-hybridized carbons (Fsp3) is 0.286. The van der Waals surface area contributed by atoms with Crippen molar-refractivity contribution < 1.29 is 4.74 Å². The molecule has 0 aliphatic heterocycles. The molecule has 0 amide bonds. The smallest absolute Gasteiger partial charge is 0.187 e. The van der Waals surface area contributed by atoms with Gasteiger partial charge < -0.3 is 10.1 Å². The molecule has 0 unspecified atom stereocenters. The van der Waals surface area contributed by atoms with Crippen LogP contribution >= 0.6 is 11.3 Å². The first-order valence-electron chi connectivity index (χ1n) is 8.93. The molecule has 0 radical (unpaired) electrons. The summed E-state index contributed by atoms with van der Waals surface area (Å²) in [7, 11) is 1.70. The molecule has 1 saturated carbocycles. The van der Waals surface area contributed by atoms with Crippen LogP contribution in [0.2, 0.25) is 0 Å². The van der Waals surface area contributed by atoms with Crippen molar-refractivity contribution in [2.24, 2.45) is 0 Å². The molecule has 26 heavy (non-hydrogen) atoms. The van der Waals surface area contributed by atoms with Gasteiger partial charge in [-0.3, -0.25) is 4.90 Å². The highest BCUT2D eigenvalue weighted by atomic mass is 32.1. The third-order valence-electron chi connectivity index (χ3n) is 4.55. The Hall–Kier alpha value is -2.37. The Kier molecular flexibility index (Phi) is 5.18. The normalized spacial score (nSPS) is 13.8. The lowest BCUT2D eigenvalue weighted by atomic mass is 10.2. The van der Waals surface area contributed by atoms with Gasteiger partial charge in [-0.2, -0.15) is 0 Å². The van der Waals surface area contributed by atoms with Crippen LogP contribution in [0.5, 0.6) is 5.75 Å². The summed E-state index contributed by atoms with van der Waals surface area (Å²) >= 11 is 1.66. The maximum Gasteiger partial charge on any atom is 0.187 e. The maximum atomic E-state index is 5.25. The highest BCUT2D eigenvalue weighted by molar-refractivity contribution is 7.13. The van der Waals surface area contributed by atoms with Crippen molar-refractivity contribution in [2.75, 3.05) is 12.4 Å². The Bertz CT molecular complexity index is 828. The number of aromatic nitrogens is 1. The summed E-state index contributed by atoms with van der Waals surface area (Å²) in [4.78, 5) is 7.30. The van der Waals surface area contributed by atoms with Gasteiger partial charge in [0.2, 0.25) is 0 Å². The van der Waals surface area contributed by atoms with Crippen LogP contribution in [0.4, 0.5) is 10.8 Å². The van der Waals surface area contributed by atoms with Crippen LogP contribution in [0.3, 0.4) is 0 Å². The van der Waals surface area contributed by atoms with Crippen LogP contribution in [0.1, 0.15) is 24.1 Å². The molecule has 134 valence electrons. The number of thiazole rings is 1. The summed E-state index contributed by atoms with van der Waals surface area (Å²) in [5.74, 6) is 0.905. The molecule has 0 bridgehead atoms. The van der Waals surface area contributed by atoms with Gasteiger partial charge in [0.1, 0.15) is 5.75 Å². The van der Waals surface area contributed by atoms with Gasteiger partial charge in [0, 0.05) is 30.2 Å². The number of benzene rings is 2. The van der Waals surface area contributed by atoms with E-state index in [9.17, 15) is 0 Å². The van der Waals surface area contributed by atoms with E-state index in [2.05, 4.69) is 39.9 Å². The zero-order valence-electron chi connectivity index (χ0n) is 14.9. The van der Waals surface area contributed by atoms with E-state index in [4.69, 9.17) is 9.72 Å². The molecule has 5 heteroatoms. The number of methoxy groups -OCH3 is 1. The van der Waals surface area contributed by atoms with Crippen molar-refractivity contribution in [1.29, 1.82) is 0 Å². The molecule has 1 aromatic heterocycles. The van der Waals surface area contributed by atoms with Gasteiger partial charge in [-0.1, -0.05) is 30.3 Å². The molecule has 1 aliphatic rings. The topological polar surface area (TPSA) is 37.4 Å². The third-order valence-corrected chi connectivity index (χ3v) is 5.36. The highest BCUT2D eigenvalue weighted by Crippen LogP contribution is 2.31. The molecule has 4 nitrogen and oxygen atoms in total. The number of para-hydroxylation sites is 1. The molecule has 0 saturated heterocycles. The molecule has 4 rings (SSSR count). The fourth-order valence-electron chi connectivity index (χ4n) is 3.01. The van der Waals surface area contributed by atoms with Crippen molar-refractivity contribution >= 4 is 22.2 Å². The van der Waals surface area contributed by atoms with E-state index in [0.29, 0.717) is 6.04 Å². The van der Waals surface area contributed by atoms with Crippen LogP contribution in [0.25, 0.3) is 0 Å². The van der Waals surface area contributed by atoms with Crippen LogP contribution in [-0.2, 0) is 13.1 Å². The second kappa shape index (κ2) is 7.89. The monoisotopic (exact) mass is 365 g/mol. The minimum atomic E-state index is 0.685. The number of ether oxygens (including phenoxy) is 1. The second-order valence-corrected chi connectivity index (χ2v) is 7.48. The molecule has 1 N–H and O–H groups in total. The SMILES string of the molecule is COc1ccc(CN(Cc2csc(Nc3ccccc3)n2)C2CC2)cc1. The molecule has 1 fully saturated rings. The molecule has 2 aromatic carbocycles. The zero-order valence-corrected chi connectivity index (χ0v) is 15.7. The van der Waals surface area contributed by atoms with E-state index < -0.39 is 0 Å². The average molecular weight is 366 g/mol. The molecular weight excluding hydrogens is 342 g/mol. The zero-order chi connectivity index (χ0) is 17.8.